The van der Waals surface area contributed by atoms with Crippen molar-refractivity contribution in [2.24, 2.45) is 5.73 Å². The molecule has 0 radical (unpaired) electrons. The SMILES string of the molecule is N[C@@H](COP(=O)(O)O)c1ncc(-c2ccc(Sc3cccc(OCc4ccccc4)c3)c(C(F)(F)F)c2)s1. The maximum absolute atomic E-state index is 14.0. The maximum Gasteiger partial charge on any atom is 0.469 e. The molecule has 0 amide bonds. The Morgan fingerprint density at radius 2 is 1.82 bits per heavy atom. The van der Waals surface area contributed by atoms with E-state index in [2.05, 4.69) is 9.51 Å². The Morgan fingerprint density at radius 1 is 1.05 bits per heavy atom. The number of aromatic nitrogens is 1. The van der Waals surface area contributed by atoms with Crippen LogP contribution in [0.5, 0.6) is 5.75 Å². The lowest BCUT2D eigenvalue weighted by molar-refractivity contribution is -0.139. The van der Waals surface area contributed by atoms with Crippen molar-refractivity contribution in [1.29, 1.82) is 0 Å². The molecule has 0 aliphatic heterocycles. The number of phosphoric acid groups is 1. The van der Waals surface area contributed by atoms with Gasteiger partial charge >= 0.3 is 14.0 Å². The van der Waals surface area contributed by atoms with E-state index in [-0.39, 0.29) is 15.5 Å². The topological polar surface area (TPSA) is 115 Å². The van der Waals surface area contributed by atoms with E-state index in [4.69, 9.17) is 20.3 Å². The summed E-state index contributed by atoms with van der Waals surface area (Å²) in [5.41, 5.74) is 6.31. The van der Waals surface area contributed by atoms with Gasteiger partial charge in [0.2, 0.25) is 0 Å². The van der Waals surface area contributed by atoms with Gasteiger partial charge in [0.25, 0.3) is 0 Å². The molecule has 7 nitrogen and oxygen atoms in total. The first-order valence-electron chi connectivity index (χ1n) is 11.1. The highest BCUT2D eigenvalue weighted by Crippen LogP contribution is 2.43. The second-order valence-electron chi connectivity index (χ2n) is 8.02. The van der Waals surface area contributed by atoms with Gasteiger partial charge in [-0.15, -0.1) is 11.3 Å². The van der Waals surface area contributed by atoms with Crippen molar-refractivity contribution in [3.05, 3.63) is 95.1 Å². The molecule has 4 rings (SSSR count). The molecule has 4 N–H and O–H groups in total. The van der Waals surface area contributed by atoms with E-state index in [1.807, 2.05) is 30.3 Å². The number of benzene rings is 3. The van der Waals surface area contributed by atoms with Crippen molar-refractivity contribution in [1.82, 2.24) is 4.98 Å². The summed E-state index contributed by atoms with van der Waals surface area (Å²) in [6.07, 6.45) is -3.24. The zero-order valence-electron chi connectivity index (χ0n) is 19.5. The van der Waals surface area contributed by atoms with Crippen molar-refractivity contribution in [3.8, 4) is 16.2 Å². The maximum atomic E-state index is 14.0. The number of nitrogens with zero attached hydrogens (tertiary/aromatic N) is 1. The zero-order chi connectivity index (χ0) is 27.3. The summed E-state index contributed by atoms with van der Waals surface area (Å²) in [5, 5.41) is 0.271. The van der Waals surface area contributed by atoms with E-state index in [9.17, 15) is 17.7 Å². The largest absolute Gasteiger partial charge is 0.489 e. The van der Waals surface area contributed by atoms with Crippen LogP contribution >= 0.6 is 30.9 Å². The summed E-state index contributed by atoms with van der Waals surface area (Å²) in [6.45, 7) is -0.155. The average molecular weight is 583 g/mol. The number of rotatable bonds is 10. The third-order valence-electron chi connectivity index (χ3n) is 5.11. The minimum absolute atomic E-state index is 0.0259. The fourth-order valence-corrected chi connectivity index (χ4v) is 5.58. The van der Waals surface area contributed by atoms with Gasteiger partial charge in [-0.05, 0) is 41.5 Å². The Balaban J connectivity index is 1.52. The molecule has 3 aromatic carbocycles. The van der Waals surface area contributed by atoms with Gasteiger partial charge in [0, 0.05) is 16.0 Å². The number of alkyl halides is 3. The van der Waals surface area contributed by atoms with E-state index < -0.39 is 32.2 Å². The molecule has 4 aromatic rings. The van der Waals surface area contributed by atoms with Crippen LogP contribution in [0.3, 0.4) is 0 Å². The minimum atomic E-state index is -4.71. The molecule has 0 saturated carbocycles. The first-order chi connectivity index (χ1) is 18.0. The lowest BCUT2D eigenvalue weighted by atomic mass is 10.1. The number of hydrogen-bond donors (Lipinski definition) is 3. The molecule has 1 heterocycles. The van der Waals surface area contributed by atoms with Gasteiger partial charge < -0.3 is 20.3 Å². The number of thiazole rings is 1. The second kappa shape index (κ2) is 12.0. The number of halogens is 3. The summed E-state index contributed by atoms with van der Waals surface area (Å²) in [6, 6.07) is 19.5. The van der Waals surface area contributed by atoms with Crippen LogP contribution in [0.4, 0.5) is 13.2 Å². The molecule has 0 saturated heterocycles. The van der Waals surface area contributed by atoms with Gasteiger partial charge in [-0.2, -0.15) is 13.2 Å². The van der Waals surface area contributed by atoms with Gasteiger partial charge in [-0.1, -0.05) is 54.2 Å². The van der Waals surface area contributed by atoms with Crippen LogP contribution in [0.25, 0.3) is 10.4 Å². The van der Waals surface area contributed by atoms with Crippen LogP contribution in [0.1, 0.15) is 22.2 Å². The highest BCUT2D eigenvalue weighted by atomic mass is 32.2. The predicted octanol–water partition coefficient (Wildman–Crippen LogP) is 6.67. The molecule has 0 fully saturated rings. The van der Waals surface area contributed by atoms with Crippen molar-refractivity contribution in [2.75, 3.05) is 6.61 Å². The van der Waals surface area contributed by atoms with E-state index in [0.29, 0.717) is 22.1 Å². The molecule has 0 spiro atoms. The lowest BCUT2D eigenvalue weighted by Gasteiger charge is -2.14. The molecule has 1 aromatic heterocycles. The van der Waals surface area contributed by atoms with Crippen molar-refractivity contribution >= 4 is 30.9 Å². The van der Waals surface area contributed by atoms with Crippen LogP contribution in [0, 0.1) is 0 Å². The van der Waals surface area contributed by atoms with Crippen molar-refractivity contribution in [2.45, 2.75) is 28.6 Å². The summed E-state index contributed by atoms with van der Waals surface area (Å²) in [7, 11) is -4.71. The fraction of sp³-hybridized carbons (Fsp3) is 0.160. The fourth-order valence-electron chi connectivity index (χ4n) is 3.33. The summed E-state index contributed by atoms with van der Waals surface area (Å²) in [5.74, 6) is 0.542. The van der Waals surface area contributed by atoms with E-state index in [1.54, 1.807) is 30.3 Å². The van der Waals surface area contributed by atoms with Gasteiger partial charge in [-0.25, -0.2) is 9.55 Å². The minimum Gasteiger partial charge on any atom is -0.489 e. The number of nitrogens with two attached hydrogens (primary N) is 1. The van der Waals surface area contributed by atoms with Crippen LogP contribution in [-0.2, 0) is 21.9 Å². The molecule has 1 atom stereocenters. The first-order valence-corrected chi connectivity index (χ1v) is 14.2. The quantitative estimate of drug-likeness (QED) is 0.178. The number of ether oxygens (including phenoxy) is 1. The van der Waals surface area contributed by atoms with Crippen LogP contribution in [-0.4, -0.2) is 21.4 Å². The Kier molecular flexibility index (Phi) is 8.94. The van der Waals surface area contributed by atoms with Gasteiger partial charge in [-0.3, -0.25) is 4.52 Å². The van der Waals surface area contributed by atoms with E-state index in [1.165, 1.54) is 12.3 Å². The van der Waals surface area contributed by atoms with Crippen LogP contribution < -0.4 is 10.5 Å². The molecular formula is C25H22F3N2O5PS2. The monoisotopic (exact) mass is 582 g/mol. The molecule has 13 heteroatoms. The predicted molar refractivity (Wildman–Crippen MR) is 139 cm³/mol. The van der Waals surface area contributed by atoms with E-state index in [0.717, 1.165) is 34.7 Å². The molecule has 0 unspecified atom stereocenters. The first kappa shape index (κ1) is 28.3. The smallest absolute Gasteiger partial charge is 0.469 e. The van der Waals surface area contributed by atoms with Crippen LogP contribution in [0.15, 0.2) is 88.8 Å². The van der Waals surface area contributed by atoms with Gasteiger partial charge in [0.15, 0.2) is 0 Å². The average Bonchev–Trinajstić information content (AvgIpc) is 3.37. The van der Waals surface area contributed by atoms with Crippen LogP contribution in [0.2, 0.25) is 0 Å². The highest BCUT2D eigenvalue weighted by molar-refractivity contribution is 7.99. The Morgan fingerprint density at radius 3 is 2.53 bits per heavy atom. The Bertz CT molecular complexity index is 1430. The summed E-state index contributed by atoms with van der Waals surface area (Å²) in [4.78, 5) is 22.8. The van der Waals surface area contributed by atoms with Crippen molar-refractivity contribution < 1.29 is 36.8 Å². The molecular weight excluding hydrogens is 560 g/mol. The highest BCUT2D eigenvalue weighted by Gasteiger charge is 2.34. The summed E-state index contributed by atoms with van der Waals surface area (Å²) < 4.78 is 63.1. The summed E-state index contributed by atoms with van der Waals surface area (Å²) >= 11 is 2.00. The van der Waals surface area contributed by atoms with Gasteiger partial charge in [0.05, 0.1) is 23.1 Å². The second-order valence-corrected chi connectivity index (χ2v) is 11.4. The number of hydrogen-bond acceptors (Lipinski definition) is 7. The third kappa shape index (κ3) is 7.90. The van der Waals surface area contributed by atoms with Gasteiger partial charge in [0.1, 0.15) is 17.4 Å². The molecule has 0 aliphatic rings. The molecule has 38 heavy (non-hydrogen) atoms. The number of phosphoric ester groups is 1. The lowest BCUT2D eigenvalue weighted by Crippen LogP contribution is -2.16. The molecule has 0 bridgehead atoms. The standard InChI is InChI=1S/C25H22F3N2O5PS2/c26-25(27,28)20-11-17(23-13-30-24(38-23)21(29)15-35-36(31,32)33)9-10-22(20)37-19-8-4-7-18(12-19)34-14-16-5-2-1-3-6-16/h1-13,21H,14-15,29H2,(H2,31,32,33)/t21-/m0/s1. The zero-order valence-corrected chi connectivity index (χ0v) is 22.1. The Hall–Kier alpha value is -2.70. The molecule has 0 aliphatic carbocycles. The Labute approximate surface area is 224 Å². The molecule has 200 valence electrons. The third-order valence-corrected chi connectivity index (χ3v) is 7.84. The van der Waals surface area contributed by atoms with E-state index >= 15 is 0 Å². The normalized spacial score (nSPS) is 12.9. The van der Waals surface area contributed by atoms with Crippen molar-refractivity contribution in [3.63, 3.8) is 0 Å².